The SMILES string of the molecule is Cc1ccc2c(c1)N(C)C(=O)CCN2CCN. The highest BCUT2D eigenvalue weighted by Gasteiger charge is 2.22. The summed E-state index contributed by atoms with van der Waals surface area (Å²) < 4.78 is 0. The number of nitrogens with zero attached hydrogens (tertiary/aromatic N) is 2. The number of hydrogen-bond donors (Lipinski definition) is 1. The van der Waals surface area contributed by atoms with Crippen LogP contribution in [0.2, 0.25) is 0 Å². The molecule has 17 heavy (non-hydrogen) atoms. The fourth-order valence-corrected chi connectivity index (χ4v) is 2.21. The van der Waals surface area contributed by atoms with Crippen molar-refractivity contribution in [1.29, 1.82) is 0 Å². The molecular weight excluding hydrogens is 214 g/mol. The molecule has 2 N–H and O–H groups in total. The molecule has 92 valence electrons. The van der Waals surface area contributed by atoms with Gasteiger partial charge in [-0.15, -0.1) is 0 Å². The molecule has 0 aromatic heterocycles. The number of carbonyl (C=O) groups excluding carboxylic acids is 1. The molecule has 1 aromatic carbocycles. The van der Waals surface area contributed by atoms with Crippen molar-refractivity contribution >= 4 is 17.3 Å². The second-order valence-electron chi connectivity index (χ2n) is 4.47. The van der Waals surface area contributed by atoms with E-state index in [2.05, 4.69) is 23.1 Å². The highest BCUT2D eigenvalue weighted by atomic mass is 16.2. The number of rotatable bonds is 2. The molecule has 0 aliphatic carbocycles. The average molecular weight is 233 g/mol. The lowest BCUT2D eigenvalue weighted by Crippen LogP contribution is -2.30. The smallest absolute Gasteiger partial charge is 0.228 e. The Labute approximate surface area is 102 Å². The molecule has 0 radical (unpaired) electrons. The van der Waals surface area contributed by atoms with Gasteiger partial charge in [-0.1, -0.05) is 6.07 Å². The molecule has 0 bridgehead atoms. The molecule has 4 nitrogen and oxygen atoms in total. The van der Waals surface area contributed by atoms with Crippen LogP contribution in [-0.4, -0.2) is 32.6 Å². The largest absolute Gasteiger partial charge is 0.368 e. The quantitative estimate of drug-likeness (QED) is 0.833. The van der Waals surface area contributed by atoms with E-state index in [1.54, 1.807) is 4.90 Å². The van der Waals surface area contributed by atoms with Gasteiger partial charge in [0.1, 0.15) is 0 Å². The normalized spacial score (nSPS) is 15.8. The Balaban J connectivity index is 2.46. The van der Waals surface area contributed by atoms with Gasteiger partial charge in [-0.25, -0.2) is 0 Å². The van der Waals surface area contributed by atoms with Crippen LogP contribution in [-0.2, 0) is 4.79 Å². The molecule has 0 atom stereocenters. The van der Waals surface area contributed by atoms with Gasteiger partial charge in [0.2, 0.25) is 5.91 Å². The summed E-state index contributed by atoms with van der Waals surface area (Å²) in [5.41, 5.74) is 8.88. The van der Waals surface area contributed by atoms with Crippen molar-refractivity contribution < 1.29 is 4.79 Å². The molecule has 0 saturated heterocycles. The van der Waals surface area contributed by atoms with Gasteiger partial charge in [-0.2, -0.15) is 0 Å². The number of fused-ring (bicyclic) bond motifs is 1. The molecule has 1 aliphatic heterocycles. The van der Waals surface area contributed by atoms with E-state index in [0.29, 0.717) is 13.0 Å². The predicted octanol–water partition coefficient (Wildman–Crippen LogP) is 1.13. The van der Waals surface area contributed by atoms with Crippen molar-refractivity contribution in [2.45, 2.75) is 13.3 Å². The molecule has 0 unspecified atom stereocenters. The Hall–Kier alpha value is -1.55. The van der Waals surface area contributed by atoms with E-state index in [1.165, 1.54) is 0 Å². The zero-order valence-corrected chi connectivity index (χ0v) is 10.4. The van der Waals surface area contributed by atoms with Crippen molar-refractivity contribution in [3.05, 3.63) is 23.8 Å². The molecule has 1 heterocycles. The molecule has 1 amide bonds. The third kappa shape index (κ3) is 2.26. The van der Waals surface area contributed by atoms with Crippen molar-refractivity contribution in [2.75, 3.05) is 36.5 Å². The summed E-state index contributed by atoms with van der Waals surface area (Å²) in [5, 5.41) is 0. The van der Waals surface area contributed by atoms with Gasteiger partial charge in [-0.05, 0) is 24.6 Å². The Morgan fingerprint density at radius 1 is 1.35 bits per heavy atom. The molecule has 1 aliphatic rings. The van der Waals surface area contributed by atoms with Crippen LogP contribution < -0.4 is 15.5 Å². The number of carbonyl (C=O) groups is 1. The maximum absolute atomic E-state index is 11.9. The van der Waals surface area contributed by atoms with E-state index >= 15 is 0 Å². The first-order valence-corrected chi connectivity index (χ1v) is 5.95. The highest BCUT2D eigenvalue weighted by molar-refractivity contribution is 5.98. The molecule has 1 aromatic rings. The standard InChI is InChI=1S/C13H19N3O/c1-10-3-4-11-12(9-10)15(2)13(17)5-7-16(11)8-6-14/h3-4,9H,5-8,14H2,1-2H3. The summed E-state index contributed by atoms with van der Waals surface area (Å²) in [7, 11) is 1.84. The lowest BCUT2D eigenvalue weighted by Gasteiger charge is -2.25. The molecule has 0 fully saturated rings. The van der Waals surface area contributed by atoms with Crippen molar-refractivity contribution in [3.8, 4) is 0 Å². The van der Waals surface area contributed by atoms with E-state index in [4.69, 9.17) is 5.73 Å². The maximum Gasteiger partial charge on any atom is 0.228 e. The third-order valence-corrected chi connectivity index (χ3v) is 3.20. The lowest BCUT2D eigenvalue weighted by atomic mass is 10.1. The monoisotopic (exact) mass is 233 g/mol. The number of benzene rings is 1. The molecule has 4 heteroatoms. The fourth-order valence-electron chi connectivity index (χ4n) is 2.21. The Morgan fingerprint density at radius 3 is 2.82 bits per heavy atom. The predicted molar refractivity (Wildman–Crippen MR) is 70.5 cm³/mol. The molecule has 0 spiro atoms. The zero-order chi connectivity index (χ0) is 12.4. The number of amides is 1. The number of anilines is 2. The number of hydrogen-bond acceptors (Lipinski definition) is 3. The first-order valence-electron chi connectivity index (χ1n) is 5.95. The van der Waals surface area contributed by atoms with E-state index in [1.807, 2.05) is 14.0 Å². The summed E-state index contributed by atoms with van der Waals surface area (Å²) >= 11 is 0. The second kappa shape index (κ2) is 4.75. The summed E-state index contributed by atoms with van der Waals surface area (Å²) in [6, 6.07) is 6.21. The van der Waals surface area contributed by atoms with Crippen LogP contribution in [0, 0.1) is 6.92 Å². The average Bonchev–Trinajstić information content (AvgIpc) is 2.42. The van der Waals surface area contributed by atoms with Crippen LogP contribution in [0.15, 0.2) is 18.2 Å². The van der Waals surface area contributed by atoms with Crippen LogP contribution in [0.3, 0.4) is 0 Å². The zero-order valence-electron chi connectivity index (χ0n) is 10.4. The van der Waals surface area contributed by atoms with Gasteiger partial charge in [0.15, 0.2) is 0 Å². The second-order valence-corrected chi connectivity index (χ2v) is 4.47. The van der Waals surface area contributed by atoms with Crippen LogP contribution in [0.25, 0.3) is 0 Å². The number of aryl methyl sites for hydroxylation is 1. The fraction of sp³-hybridized carbons (Fsp3) is 0.462. The minimum absolute atomic E-state index is 0.163. The van der Waals surface area contributed by atoms with Gasteiger partial charge < -0.3 is 15.5 Å². The summed E-state index contributed by atoms with van der Waals surface area (Å²) in [4.78, 5) is 15.8. The van der Waals surface area contributed by atoms with Crippen LogP contribution >= 0.6 is 0 Å². The first kappa shape index (κ1) is 11.9. The van der Waals surface area contributed by atoms with Crippen molar-refractivity contribution in [1.82, 2.24) is 0 Å². The Morgan fingerprint density at radius 2 is 2.12 bits per heavy atom. The van der Waals surface area contributed by atoms with Crippen LogP contribution in [0.5, 0.6) is 0 Å². The van der Waals surface area contributed by atoms with Crippen molar-refractivity contribution in [3.63, 3.8) is 0 Å². The molecular formula is C13H19N3O. The lowest BCUT2D eigenvalue weighted by molar-refractivity contribution is -0.118. The van der Waals surface area contributed by atoms with E-state index in [-0.39, 0.29) is 5.91 Å². The molecule has 0 saturated carbocycles. The van der Waals surface area contributed by atoms with Crippen molar-refractivity contribution in [2.24, 2.45) is 5.73 Å². The van der Waals surface area contributed by atoms with Crippen LogP contribution in [0.4, 0.5) is 11.4 Å². The van der Waals surface area contributed by atoms with Crippen LogP contribution in [0.1, 0.15) is 12.0 Å². The van der Waals surface area contributed by atoms with Gasteiger partial charge in [0, 0.05) is 33.1 Å². The van der Waals surface area contributed by atoms with Gasteiger partial charge in [0.05, 0.1) is 11.4 Å². The van der Waals surface area contributed by atoms with Gasteiger partial charge in [-0.3, -0.25) is 4.79 Å². The number of nitrogens with two attached hydrogens (primary N) is 1. The summed E-state index contributed by atoms with van der Waals surface area (Å²) in [5.74, 6) is 0.163. The highest BCUT2D eigenvalue weighted by Crippen LogP contribution is 2.32. The molecule has 2 rings (SSSR count). The van der Waals surface area contributed by atoms with E-state index in [0.717, 1.165) is 30.0 Å². The third-order valence-electron chi connectivity index (χ3n) is 3.20. The minimum Gasteiger partial charge on any atom is -0.368 e. The maximum atomic E-state index is 11.9. The summed E-state index contributed by atoms with van der Waals surface area (Å²) in [6.07, 6.45) is 0.546. The van der Waals surface area contributed by atoms with Gasteiger partial charge >= 0.3 is 0 Å². The Kier molecular flexibility index (Phi) is 3.33. The topological polar surface area (TPSA) is 49.6 Å². The summed E-state index contributed by atoms with van der Waals surface area (Å²) in [6.45, 7) is 4.18. The van der Waals surface area contributed by atoms with Gasteiger partial charge in [0.25, 0.3) is 0 Å². The van der Waals surface area contributed by atoms with E-state index in [9.17, 15) is 4.79 Å². The van der Waals surface area contributed by atoms with E-state index < -0.39 is 0 Å². The Bertz CT molecular complexity index is 431. The minimum atomic E-state index is 0.163. The first-order chi connectivity index (χ1) is 8.13.